The van der Waals surface area contributed by atoms with Gasteiger partial charge in [-0.1, -0.05) is 138 Å². The molecule has 0 saturated carbocycles. The molecule has 0 unspecified atom stereocenters. The van der Waals surface area contributed by atoms with Crippen molar-refractivity contribution in [2.45, 2.75) is 0 Å². The average molecular weight is 757 g/mol. The summed E-state index contributed by atoms with van der Waals surface area (Å²) in [5.74, 6) is 0. The molecule has 9 aromatic rings. The first-order valence-corrected chi connectivity index (χ1v) is 20.2. The maximum atomic E-state index is 2.42. The van der Waals surface area contributed by atoms with Crippen LogP contribution in [-0.4, -0.2) is 7.28 Å². The third kappa shape index (κ3) is 7.11. The van der Waals surface area contributed by atoms with E-state index >= 15 is 0 Å². The van der Waals surface area contributed by atoms with Crippen LogP contribution in [0.1, 0.15) is 0 Å². The number of nitrogens with zero attached hydrogens (tertiary/aromatic N) is 4. The Balaban J connectivity index is 1.22. The Hall–Kier alpha value is -7.76. The van der Waals surface area contributed by atoms with Gasteiger partial charge < -0.3 is 19.6 Å². The number of rotatable bonds is 8. The van der Waals surface area contributed by atoms with E-state index in [4.69, 9.17) is 0 Å². The largest absolute Gasteiger partial charge is 0.311 e. The van der Waals surface area contributed by atoms with Gasteiger partial charge in [0.1, 0.15) is 0 Å². The van der Waals surface area contributed by atoms with Crippen LogP contribution >= 0.6 is 0 Å². The Bertz CT molecular complexity index is 2530. The summed E-state index contributed by atoms with van der Waals surface area (Å²) >= 11 is 0. The molecule has 0 aromatic heterocycles. The lowest BCUT2D eigenvalue weighted by Gasteiger charge is -2.35. The van der Waals surface area contributed by atoms with Gasteiger partial charge in [-0.3, -0.25) is 0 Å². The fourth-order valence-electron chi connectivity index (χ4n) is 8.29. The van der Waals surface area contributed by atoms with E-state index in [0.717, 1.165) is 68.2 Å². The number of anilines is 12. The molecule has 1 heterocycles. The highest BCUT2D eigenvalue weighted by Gasteiger charge is 2.26. The topological polar surface area (TPSA) is 13.0 Å². The van der Waals surface area contributed by atoms with E-state index in [0.29, 0.717) is 7.28 Å². The van der Waals surface area contributed by atoms with Crippen molar-refractivity contribution in [3.8, 4) is 0 Å². The smallest absolute Gasteiger partial charge is 0.197 e. The van der Waals surface area contributed by atoms with Crippen LogP contribution in [-0.2, 0) is 0 Å². The second-order valence-corrected chi connectivity index (χ2v) is 14.7. The van der Waals surface area contributed by atoms with Gasteiger partial charge >= 0.3 is 0 Å². The Labute approximate surface area is 347 Å². The van der Waals surface area contributed by atoms with Crippen LogP contribution in [0.25, 0.3) is 0 Å². The zero-order valence-corrected chi connectivity index (χ0v) is 32.6. The normalized spacial score (nSPS) is 11.8. The second-order valence-electron chi connectivity index (χ2n) is 14.7. The van der Waals surface area contributed by atoms with Gasteiger partial charge in [0.15, 0.2) is 7.28 Å². The molecule has 1 aliphatic heterocycles. The zero-order chi connectivity index (χ0) is 39.4. The van der Waals surface area contributed by atoms with E-state index in [9.17, 15) is 0 Å². The SMILES string of the molecule is B1c2ccc(N(c3ccccc3)c3ccccc3)cc2N(c2ccccc2)c2cccc(c2)N(c2ccccc2)c2cc(N(c3ccccc3)c3ccccc3)ccc21. The molecule has 0 saturated heterocycles. The van der Waals surface area contributed by atoms with E-state index in [-0.39, 0.29) is 0 Å². The minimum absolute atomic E-state index is 0.704. The molecule has 5 heteroatoms. The fraction of sp³-hybridized carbons (Fsp3) is 0. The summed E-state index contributed by atoms with van der Waals surface area (Å²) in [6, 6.07) is 87.0. The highest BCUT2D eigenvalue weighted by Crippen LogP contribution is 2.44. The lowest BCUT2D eigenvalue weighted by Crippen LogP contribution is -2.35. The maximum absolute atomic E-state index is 2.42. The van der Waals surface area contributed by atoms with E-state index in [2.05, 4.69) is 262 Å². The molecule has 10 rings (SSSR count). The van der Waals surface area contributed by atoms with Crippen molar-refractivity contribution in [2.75, 3.05) is 19.6 Å². The lowest BCUT2D eigenvalue weighted by atomic mass is 9.62. The fourth-order valence-corrected chi connectivity index (χ4v) is 8.29. The number of fused-ring (bicyclic) bond motifs is 4. The van der Waals surface area contributed by atoms with E-state index in [1.54, 1.807) is 0 Å². The van der Waals surface area contributed by atoms with Crippen molar-refractivity contribution in [3.05, 3.63) is 243 Å². The van der Waals surface area contributed by atoms with Gasteiger partial charge in [-0.05, 0) is 115 Å². The Morgan fingerprint density at radius 2 is 0.559 bits per heavy atom. The van der Waals surface area contributed by atoms with Crippen molar-refractivity contribution in [3.63, 3.8) is 0 Å². The minimum atomic E-state index is 0.704. The summed E-state index contributed by atoms with van der Waals surface area (Å²) < 4.78 is 0. The Morgan fingerprint density at radius 1 is 0.254 bits per heavy atom. The van der Waals surface area contributed by atoms with Crippen molar-refractivity contribution in [2.24, 2.45) is 0 Å². The predicted octanol–water partition coefficient (Wildman–Crippen LogP) is 13.3. The number of hydrogen-bond donors (Lipinski definition) is 0. The van der Waals surface area contributed by atoms with Crippen LogP contribution in [0.5, 0.6) is 0 Å². The summed E-state index contributed by atoms with van der Waals surface area (Å²) in [4.78, 5) is 9.53. The number of para-hydroxylation sites is 6. The van der Waals surface area contributed by atoms with Crippen LogP contribution < -0.4 is 30.5 Å². The molecule has 0 N–H and O–H groups in total. The summed E-state index contributed by atoms with van der Waals surface area (Å²) in [5.41, 5.74) is 15.6. The number of benzene rings is 9. The molecule has 0 spiro atoms. The first kappa shape index (κ1) is 35.6. The van der Waals surface area contributed by atoms with Crippen LogP contribution in [0.3, 0.4) is 0 Å². The molecular weight excluding hydrogens is 715 g/mol. The molecule has 0 radical (unpaired) electrons. The highest BCUT2D eigenvalue weighted by atomic mass is 15.2. The van der Waals surface area contributed by atoms with Gasteiger partial charge in [0.25, 0.3) is 0 Å². The summed E-state index contributed by atoms with van der Waals surface area (Å²) in [5, 5.41) is 0. The molecule has 1 aliphatic rings. The highest BCUT2D eigenvalue weighted by molar-refractivity contribution is 6.70. The molecule has 0 fully saturated rings. The van der Waals surface area contributed by atoms with Gasteiger partial charge in [-0.25, -0.2) is 0 Å². The van der Waals surface area contributed by atoms with Crippen LogP contribution in [0.4, 0.5) is 68.2 Å². The molecule has 280 valence electrons. The molecule has 0 atom stereocenters. The molecule has 9 aromatic carbocycles. The van der Waals surface area contributed by atoms with Crippen molar-refractivity contribution in [1.82, 2.24) is 0 Å². The Morgan fingerprint density at radius 3 is 0.898 bits per heavy atom. The van der Waals surface area contributed by atoms with Crippen molar-refractivity contribution >= 4 is 86.5 Å². The molecule has 59 heavy (non-hydrogen) atoms. The summed E-state index contributed by atoms with van der Waals surface area (Å²) in [6.45, 7) is 0. The van der Waals surface area contributed by atoms with Crippen LogP contribution in [0.2, 0.25) is 0 Å². The molecule has 2 bridgehead atoms. The number of hydrogen-bond acceptors (Lipinski definition) is 4. The first-order valence-electron chi connectivity index (χ1n) is 20.2. The summed E-state index contributed by atoms with van der Waals surface area (Å²) in [6.07, 6.45) is 0. The van der Waals surface area contributed by atoms with Gasteiger partial charge in [0.2, 0.25) is 0 Å². The maximum Gasteiger partial charge on any atom is 0.197 e. The summed E-state index contributed by atoms with van der Waals surface area (Å²) in [7, 11) is 0.704. The van der Waals surface area contributed by atoms with E-state index < -0.39 is 0 Å². The van der Waals surface area contributed by atoms with Gasteiger partial charge in [-0.2, -0.15) is 0 Å². The predicted molar refractivity (Wildman–Crippen MR) is 252 cm³/mol. The van der Waals surface area contributed by atoms with Gasteiger partial charge in [0, 0.05) is 68.2 Å². The molecule has 0 amide bonds. The van der Waals surface area contributed by atoms with E-state index in [1.807, 2.05) is 0 Å². The third-order valence-electron chi connectivity index (χ3n) is 10.9. The zero-order valence-electron chi connectivity index (χ0n) is 32.6. The van der Waals surface area contributed by atoms with Crippen molar-refractivity contribution in [1.29, 1.82) is 0 Å². The Kier molecular flexibility index (Phi) is 9.67. The minimum Gasteiger partial charge on any atom is -0.311 e. The average Bonchev–Trinajstić information content (AvgIpc) is 3.30. The first-order chi connectivity index (χ1) is 29.3. The molecular formula is C54H41BN4. The van der Waals surface area contributed by atoms with Gasteiger partial charge in [-0.15, -0.1) is 0 Å². The molecule has 0 aliphatic carbocycles. The van der Waals surface area contributed by atoms with Crippen LogP contribution in [0.15, 0.2) is 243 Å². The third-order valence-corrected chi connectivity index (χ3v) is 10.9. The van der Waals surface area contributed by atoms with E-state index in [1.165, 1.54) is 10.9 Å². The molecule has 4 nitrogen and oxygen atoms in total. The van der Waals surface area contributed by atoms with Gasteiger partial charge in [0.05, 0.1) is 0 Å². The quantitative estimate of drug-likeness (QED) is 0.143. The standard InChI is InChI=1S/C54H41BN4/c1-7-20-41(21-8-1)56(42-22-9-2-10-23-42)49-34-36-51-53(39-49)58(45-28-15-5-16-29-45)47-32-19-33-48(38-47)59(46-30-17-6-18-31-46)54-40-50(35-37-52(54)55-51)57(43-24-11-3-12-25-43)44-26-13-4-14-27-44/h1-40,55H. The monoisotopic (exact) mass is 756 g/mol. The lowest BCUT2D eigenvalue weighted by molar-refractivity contribution is 1.23. The second kappa shape index (κ2) is 16.0. The van der Waals surface area contributed by atoms with Crippen molar-refractivity contribution < 1.29 is 0 Å². The van der Waals surface area contributed by atoms with Crippen LogP contribution in [0, 0.1) is 0 Å².